The molecule has 70 valence electrons. The highest BCUT2D eigenvalue weighted by Gasteiger charge is 2.04. The molecular formula is C5H8O7. The minimum Gasteiger partial charge on any atom is -0.480 e. The molecule has 0 rings (SSSR count). The first kappa shape index (κ1) is 13.0. The fraction of sp³-hybridized carbons (Fsp3) is 0.400. The number of methoxy groups -OCH3 is 1. The maximum Gasteiger partial charge on any atom is 0.414 e. The van der Waals surface area contributed by atoms with Gasteiger partial charge in [-0.25, -0.2) is 14.4 Å². The van der Waals surface area contributed by atoms with Crippen molar-refractivity contribution in [1.29, 1.82) is 0 Å². The standard InChI is InChI=1S/C3H6O3.C2H2O4/c1-6-2-3(4)5;3-1(4)2(5)6/h2H2,1H3,(H,4,5);(H,3,4)(H,5,6). The van der Waals surface area contributed by atoms with Crippen molar-refractivity contribution >= 4 is 17.9 Å². The van der Waals surface area contributed by atoms with Gasteiger partial charge in [-0.1, -0.05) is 0 Å². The first-order chi connectivity index (χ1) is 5.41. The molecule has 0 amide bonds. The van der Waals surface area contributed by atoms with Crippen LogP contribution in [0.5, 0.6) is 0 Å². The van der Waals surface area contributed by atoms with Crippen LogP contribution in [0, 0.1) is 0 Å². The smallest absolute Gasteiger partial charge is 0.414 e. The average Bonchev–Trinajstić information content (AvgIpc) is 1.87. The lowest BCUT2D eigenvalue weighted by molar-refractivity contribution is -0.159. The SMILES string of the molecule is COCC(=O)O.O=C(O)C(=O)O. The summed E-state index contributed by atoms with van der Waals surface area (Å²) >= 11 is 0. The summed E-state index contributed by atoms with van der Waals surface area (Å²) in [5.74, 6) is -4.58. The molecule has 12 heavy (non-hydrogen) atoms. The largest absolute Gasteiger partial charge is 0.480 e. The lowest BCUT2D eigenvalue weighted by Crippen LogP contribution is -2.09. The van der Waals surface area contributed by atoms with Crippen LogP contribution < -0.4 is 0 Å². The van der Waals surface area contributed by atoms with E-state index in [1.807, 2.05) is 0 Å². The fourth-order valence-corrected chi connectivity index (χ4v) is 0.123. The van der Waals surface area contributed by atoms with Gasteiger partial charge in [0.1, 0.15) is 6.61 Å². The summed E-state index contributed by atoms with van der Waals surface area (Å²) in [7, 11) is 1.34. The van der Waals surface area contributed by atoms with Crippen LogP contribution in [0.2, 0.25) is 0 Å². The quantitative estimate of drug-likeness (QED) is 0.459. The van der Waals surface area contributed by atoms with Gasteiger partial charge < -0.3 is 20.1 Å². The van der Waals surface area contributed by atoms with Crippen LogP contribution in [0.1, 0.15) is 0 Å². The minimum absolute atomic E-state index is 0.208. The summed E-state index contributed by atoms with van der Waals surface area (Å²) in [6.07, 6.45) is 0. The topological polar surface area (TPSA) is 121 Å². The summed E-state index contributed by atoms with van der Waals surface area (Å²) < 4.78 is 4.20. The van der Waals surface area contributed by atoms with Gasteiger partial charge >= 0.3 is 17.9 Å². The third-order valence-corrected chi connectivity index (χ3v) is 0.451. The number of ether oxygens (including phenoxy) is 1. The number of hydrogen-bond donors (Lipinski definition) is 3. The normalized spacial score (nSPS) is 7.75. The number of carboxylic acids is 3. The summed E-state index contributed by atoms with van der Waals surface area (Å²) in [5, 5.41) is 22.6. The summed E-state index contributed by atoms with van der Waals surface area (Å²) in [6.45, 7) is -0.208. The van der Waals surface area contributed by atoms with Crippen molar-refractivity contribution in [2.75, 3.05) is 13.7 Å². The van der Waals surface area contributed by atoms with E-state index < -0.39 is 17.9 Å². The summed E-state index contributed by atoms with van der Waals surface area (Å²) in [6, 6.07) is 0. The van der Waals surface area contributed by atoms with Crippen LogP contribution in [0.25, 0.3) is 0 Å². The number of carbonyl (C=O) groups is 3. The molecule has 0 unspecified atom stereocenters. The Morgan fingerprint density at radius 3 is 1.42 bits per heavy atom. The van der Waals surface area contributed by atoms with Gasteiger partial charge in [0.2, 0.25) is 0 Å². The zero-order chi connectivity index (χ0) is 10.1. The van der Waals surface area contributed by atoms with Crippen LogP contribution in [0.4, 0.5) is 0 Å². The van der Waals surface area contributed by atoms with Gasteiger partial charge in [0.15, 0.2) is 0 Å². The molecule has 0 aromatic heterocycles. The summed E-state index contributed by atoms with van der Waals surface area (Å²) in [4.78, 5) is 27.7. The van der Waals surface area contributed by atoms with E-state index in [-0.39, 0.29) is 6.61 Å². The van der Waals surface area contributed by atoms with E-state index in [0.717, 1.165) is 0 Å². The molecule has 0 spiro atoms. The van der Waals surface area contributed by atoms with Crippen molar-refractivity contribution in [1.82, 2.24) is 0 Å². The average molecular weight is 180 g/mol. The van der Waals surface area contributed by atoms with E-state index in [9.17, 15) is 4.79 Å². The monoisotopic (exact) mass is 180 g/mol. The van der Waals surface area contributed by atoms with Gasteiger partial charge in [-0.15, -0.1) is 0 Å². The molecule has 0 aromatic rings. The van der Waals surface area contributed by atoms with Crippen LogP contribution in [-0.4, -0.2) is 46.9 Å². The Morgan fingerprint density at radius 1 is 1.08 bits per heavy atom. The zero-order valence-corrected chi connectivity index (χ0v) is 6.18. The van der Waals surface area contributed by atoms with Crippen LogP contribution in [0.15, 0.2) is 0 Å². The van der Waals surface area contributed by atoms with Gasteiger partial charge in [0.25, 0.3) is 0 Å². The molecule has 0 fully saturated rings. The Labute approximate surface area is 67.2 Å². The Kier molecular flexibility index (Phi) is 8.10. The molecule has 0 radical (unpaired) electrons. The van der Waals surface area contributed by atoms with Gasteiger partial charge in [-0.3, -0.25) is 0 Å². The van der Waals surface area contributed by atoms with E-state index in [1.165, 1.54) is 7.11 Å². The van der Waals surface area contributed by atoms with E-state index in [2.05, 4.69) is 4.74 Å². The van der Waals surface area contributed by atoms with Gasteiger partial charge in [0.05, 0.1) is 0 Å². The molecule has 0 aromatic carbocycles. The molecular weight excluding hydrogens is 172 g/mol. The fourth-order valence-electron chi connectivity index (χ4n) is 0.123. The number of aliphatic carboxylic acids is 3. The predicted molar refractivity (Wildman–Crippen MR) is 34.8 cm³/mol. The first-order valence-electron chi connectivity index (χ1n) is 2.58. The number of rotatable bonds is 2. The number of hydrogen-bond acceptors (Lipinski definition) is 4. The van der Waals surface area contributed by atoms with Gasteiger partial charge in [-0.2, -0.15) is 0 Å². The second kappa shape index (κ2) is 7.48. The van der Waals surface area contributed by atoms with E-state index >= 15 is 0 Å². The maximum atomic E-state index is 9.47. The molecule has 0 atom stereocenters. The van der Waals surface area contributed by atoms with Crippen molar-refractivity contribution in [2.45, 2.75) is 0 Å². The second-order valence-corrected chi connectivity index (χ2v) is 1.44. The molecule has 0 saturated heterocycles. The lowest BCUT2D eigenvalue weighted by atomic mass is 10.7. The second-order valence-electron chi connectivity index (χ2n) is 1.44. The molecule has 3 N–H and O–H groups in total. The van der Waals surface area contributed by atoms with Crippen molar-refractivity contribution < 1.29 is 34.4 Å². The number of carboxylic acid groups (broad SMARTS) is 3. The van der Waals surface area contributed by atoms with E-state index in [4.69, 9.17) is 24.9 Å². The van der Waals surface area contributed by atoms with Crippen molar-refractivity contribution in [3.05, 3.63) is 0 Å². The first-order valence-corrected chi connectivity index (χ1v) is 2.58. The predicted octanol–water partition coefficient (Wildman–Crippen LogP) is -1.13. The minimum atomic E-state index is -1.82. The van der Waals surface area contributed by atoms with Gasteiger partial charge in [0, 0.05) is 7.11 Å². The summed E-state index contributed by atoms with van der Waals surface area (Å²) in [5.41, 5.74) is 0. The maximum absolute atomic E-state index is 9.47. The van der Waals surface area contributed by atoms with Crippen LogP contribution in [0.3, 0.4) is 0 Å². The van der Waals surface area contributed by atoms with E-state index in [1.54, 1.807) is 0 Å². The third kappa shape index (κ3) is 15.8. The molecule has 0 bridgehead atoms. The molecule has 0 aliphatic heterocycles. The molecule has 7 heteroatoms. The highest BCUT2D eigenvalue weighted by Crippen LogP contribution is 1.61. The zero-order valence-electron chi connectivity index (χ0n) is 6.18. The molecule has 0 aliphatic carbocycles. The highest BCUT2D eigenvalue weighted by atomic mass is 16.5. The lowest BCUT2D eigenvalue weighted by Gasteiger charge is -1.83. The van der Waals surface area contributed by atoms with Crippen molar-refractivity contribution in [3.8, 4) is 0 Å². The Bertz CT molecular complexity index is 161. The van der Waals surface area contributed by atoms with Crippen molar-refractivity contribution in [2.24, 2.45) is 0 Å². The molecule has 0 heterocycles. The van der Waals surface area contributed by atoms with Crippen molar-refractivity contribution in [3.63, 3.8) is 0 Å². The van der Waals surface area contributed by atoms with E-state index in [0.29, 0.717) is 0 Å². The molecule has 7 nitrogen and oxygen atoms in total. The highest BCUT2D eigenvalue weighted by molar-refractivity contribution is 6.27. The molecule has 0 aliphatic rings. The van der Waals surface area contributed by atoms with Gasteiger partial charge in [-0.05, 0) is 0 Å². The molecule has 0 saturated carbocycles. The van der Waals surface area contributed by atoms with Crippen LogP contribution >= 0.6 is 0 Å². The third-order valence-electron chi connectivity index (χ3n) is 0.451. The van der Waals surface area contributed by atoms with Crippen LogP contribution in [-0.2, 0) is 19.1 Å². The Balaban J connectivity index is 0. The Hall–Kier alpha value is -1.63. The Morgan fingerprint density at radius 2 is 1.42 bits per heavy atom.